The monoisotopic (exact) mass is 357 g/mol. The van der Waals surface area contributed by atoms with E-state index in [1.165, 1.54) is 42.7 Å². The first-order valence-corrected chi connectivity index (χ1v) is 7.84. The molecule has 1 N–H and O–H groups in total. The van der Waals surface area contributed by atoms with E-state index >= 15 is 0 Å². The first-order chi connectivity index (χ1) is 12.0. The SMILES string of the molecule is COC(=O)c1ccc2nc(NC(=O)c3ccc([N+](=O)[O-])cc3)sc2c1. The van der Waals surface area contributed by atoms with Gasteiger partial charge in [-0.25, -0.2) is 9.78 Å². The number of carbonyl (C=O) groups excluding carboxylic acids is 2. The molecule has 0 aliphatic rings. The van der Waals surface area contributed by atoms with Gasteiger partial charge < -0.3 is 4.74 Å². The Balaban J connectivity index is 1.81. The number of benzene rings is 2. The van der Waals surface area contributed by atoms with E-state index in [4.69, 9.17) is 0 Å². The van der Waals surface area contributed by atoms with Crippen molar-refractivity contribution in [2.75, 3.05) is 12.4 Å². The number of ether oxygens (including phenoxy) is 1. The molecule has 3 rings (SSSR count). The summed E-state index contributed by atoms with van der Waals surface area (Å²) in [5.41, 5.74) is 1.22. The van der Waals surface area contributed by atoms with Crippen molar-refractivity contribution in [1.29, 1.82) is 0 Å². The largest absolute Gasteiger partial charge is 0.465 e. The maximum Gasteiger partial charge on any atom is 0.337 e. The first kappa shape index (κ1) is 16.5. The lowest BCUT2D eigenvalue weighted by Gasteiger charge is -2.00. The number of esters is 1. The fraction of sp³-hybridized carbons (Fsp3) is 0.0625. The number of carbonyl (C=O) groups is 2. The maximum atomic E-state index is 12.2. The highest BCUT2D eigenvalue weighted by atomic mass is 32.1. The Morgan fingerprint density at radius 3 is 2.48 bits per heavy atom. The van der Waals surface area contributed by atoms with Crippen molar-refractivity contribution < 1.29 is 19.2 Å². The number of nitrogens with one attached hydrogen (secondary N) is 1. The van der Waals surface area contributed by atoms with Crippen LogP contribution in [0.15, 0.2) is 42.5 Å². The van der Waals surface area contributed by atoms with Gasteiger partial charge in [0.1, 0.15) is 0 Å². The number of anilines is 1. The molecular formula is C16H11N3O5S. The van der Waals surface area contributed by atoms with Crippen molar-refractivity contribution >= 4 is 44.2 Å². The lowest BCUT2D eigenvalue weighted by molar-refractivity contribution is -0.384. The Kier molecular flexibility index (Phi) is 4.40. The fourth-order valence-corrected chi connectivity index (χ4v) is 3.03. The summed E-state index contributed by atoms with van der Waals surface area (Å²) >= 11 is 1.21. The molecule has 0 saturated heterocycles. The van der Waals surface area contributed by atoms with Crippen molar-refractivity contribution in [1.82, 2.24) is 4.98 Å². The van der Waals surface area contributed by atoms with Crippen molar-refractivity contribution in [3.05, 3.63) is 63.7 Å². The summed E-state index contributed by atoms with van der Waals surface area (Å²) in [6.07, 6.45) is 0. The normalized spacial score (nSPS) is 10.4. The molecule has 25 heavy (non-hydrogen) atoms. The van der Waals surface area contributed by atoms with Crippen LogP contribution >= 0.6 is 11.3 Å². The van der Waals surface area contributed by atoms with Crippen LogP contribution in [0.5, 0.6) is 0 Å². The van der Waals surface area contributed by atoms with Gasteiger partial charge in [-0.1, -0.05) is 11.3 Å². The molecule has 0 saturated carbocycles. The zero-order valence-corrected chi connectivity index (χ0v) is 13.7. The molecule has 1 heterocycles. The smallest absolute Gasteiger partial charge is 0.337 e. The van der Waals surface area contributed by atoms with Crippen LogP contribution in [0.4, 0.5) is 10.8 Å². The molecule has 0 aliphatic carbocycles. The Labute approximate surface area is 145 Å². The number of thiazole rings is 1. The number of rotatable bonds is 4. The molecule has 0 spiro atoms. The molecule has 8 nitrogen and oxygen atoms in total. The van der Waals surface area contributed by atoms with Crippen molar-refractivity contribution in [2.45, 2.75) is 0 Å². The fourth-order valence-electron chi connectivity index (χ4n) is 2.13. The Hall–Kier alpha value is -3.33. The second-order valence-electron chi connectivity index (χ2n) is 4.95. The molecule has 9 heteroatoms. The van der Waals surface area contributed by atoms with E-state index in [1.807, 2.05) is 0 Å². The van der Waals surface area contributed by atoms with Gasteiger partial charge in [0.05, 0.1) is 27.8 Å². The highest BCUT2D eigenvalue weighted by Gasteiger charge is 2.13. The number of non-ortho nitro benzene ring substituents is 1. The van der Waals surface area contributed by atoms with Crippen LogP contribution < -0.4 is 5.32 Å². The first-order valence-electron chi connectivity index (χ1n) is 7.02. The van der Waals surface area contributed by atoms with Crippen LogP contribution in [-0.2, 0) is 4.74 Å². The van der Waals surface area contributed by atoms with Crippen LogP contribution in [0.3, 0.4) is 0 Å². The van der Waals surface area contributed by atoms with Crippen LogP contribution in [0.2, 0.25) is 0 Å². The standard InChI is InChI=1S/C16H11N3O5S/c1-24-15(21)10-4-7-12-13(8-10)25-16(17-12)18-14(20)9-2-5-11(6-3-9)19(22)23/h2-8H,1H3,(H,17,18,20). The molecule has 126 valence electrons. The summed E-state index contributed by atoms with van der Waals surface area (Å²) in [6.45, 7) is 0. The molecule has 0 fully saturated rings. The Morgan fingerprint density at radius 1 is 1.16 bits per heavy atom. The Morgan fingerprint density at radius 2 is 1.84 bits per heavy atom. The van der Waals surface area contributed by atoms with Gasteiger partial charge in [-0.05, 0) is 30.3 Å². The van der Waals surface area contributed by atoms with Crippen LogP contribution in [0.25, 0.3) is 10.2 Å². The van der Waals surface area contributed by atoms with E-state index in [0.29, 0.717) is 16.2 Å². The molecular weight excluding hydrogens is 346 g/mol. The maximum absolute atomic E-state index is 12.2. The number of methoxy groups -OCH3 is 1. The summed E-state index contributed by atoms with van der Waals surface area (Å²) in [4.78, 5) is 38.1. The minimum atomic E-state index is -0.534. The molecule has 0 unspecified atom stereocenters. The second-order valence-corrected chi connectivity index (χ2v) is 5.98. The van der Waals surface area contributed by atoms with E-state index < -0.39 is 16.8 Å². The topological polar surface area (TPSA) is 111 Å². The third-order valence-electron chi connectivity index (χ3n) is 3.37. The summed E-state index contributed by atoms with van der Waals surface area (Å²) in [5, 5.41) is 13.6. The van der Waals surface area contributed by atoms with Gasteiger partial charge in [-0.3, -0.25) is 20.2 Å². The van der Waals surface area contributed by atoms with Gasteiger partial charge in [0.2, 0.25) is 0 Å². The summed E-state index contributed by atoms with van der Waals surface area (Å²) in [7, 11) is 1.30. The predicted octanol–water partition coefficient (Wildman–Crippen LogP) is 3.24. The van der Waals surface area contributed by atoms with Gasteiger partial charge in [-0.15, -0.1) is 0 Å². The molecule has 0 aliphatic heterocycles. The number of hydrogen-bond donors (Lipinski definition) is 1. The number of nitrogens with zero attached hydrogens (tertiary/aromatic N) is 2. The number of nitro groups is 1. The average Bonchev–Trinajstić information content (AvgIpc) is 3.02. The molecule has 1 aromatic heterocycles. The minimum Gasteiger partial charge on any atom is -0.465 e. The van der Waals surface area contributed by atoms with Crippen LogP contribution in [-0.4, -0.2) is 28.9 Å². The second kappa shape index (κ2) is 6.65. The molecule has 0 radical (unpaired) electrons. The molecule has 3 aromatic rings. The lowest BCUT2D eigenvalue weighted by atomic mass is 10.2. The van der Waals surface area contributed by atoms with E-state index in [1.54, 1.807) is 18.2 Å². The number of aromatic nitrogens is 1. The number of amides is 1. The van der Waals surface area contributed by atoms with Gasteiger partial charge in [0.25, 0.3) is 11.6 Å². The average molecular weight is 357 g/mol. The van der Waals surface area contributed by atoms with Crippen LogP contribution in [0.1, 0.15) is 20.7 Å². The number of hydrogen-bond acceptors (Lipinski definition) is 7. The van der Waals surface area contributed by atoms with Gasteiger partial charge in [0, 0.05) is 17.7 Å². The molecule has 2 aromatic carbocycles. The van der Waals surface area contributed by atoms with Crippen molar-refractivity contribution in [3.8, 4) is 0 Å². The van der Waals surface area contributed by atoms with Crippen molar-refractivity contribution in [3.63, 3.8) is 0 Å². The molecule has 0 bridgehead atoms. The zero-order valence-electron chi connectivity index (χ0n) is 12.9. The van der Waals surface area contributed by atoms with E-state index in [9.17, 15) is 19.7 Å². The van der Waals surface area contributed by atoms with E-state index in [-0.39, 0.29) is 11.3 Å². The van der Waals surface area contributed by atoms with Crippen LogP contribution in [0, 0.1) is 10.1 Å². The van der Waals surface area contributed by atoms with E-state index in [0.717, 1.165) is 4.70 Å². The highest BCUT2D eigenvalue weighted by Crippen LogP contribution is 2.27. The highest BCUT2D eigenvalue weighted by molar-refractivity contribution is 7.22. The third kappa shape index (κ3) is 3.45. The molecule has 1 amide bonds. The zero-order chi connectivity index (χ0) is 18.0. The third-order valence-corrected chi connectivity index (χ3v) is 4.30. The molecule has 0 atom stereocenters. The minimum absolute atomic E-state index is 0.0909. The van der Waals surface area contributed by atoms with Gasteiger partial charge >= 0.3 is 5.97 Å². The lowest BCUT2D eigenvalue weighted by Crippen LogP contribution is -2.11. The number of nitro benzene ring substituents is 1. The predicted molar refractivity (Wildman–Crippen MR) is 92.0 cm³/mol. The van der Waals surface area contributed by atoms with Crippen molar-refractivity contribution in [2.24, 2.45) is 0 Å². The number of fused-ring (bicyclic) bond motifs is 1. The Bertz CT molecular complexity index is 981. The quantitative estimate of drug-likeness (QED) is 0.436. The summed E-state index contributed by atoms with van der Waals surface area (Å²) in [5.74, 6) is -0.881. The van der Waals surface area contributed by atoms with E-state index in [2.05, 4.69) is 15.0 Å². The summed E-state index contributed by atoms with van der Waals surface area (Å²) < 4.78 is 5.39. The van der Waals surface area contributed by atoms with Gasteiger partial charge in [-0.2, -0.15) is 0 Å². The van der Waals surface area contributed by atoms with Gasteiger partial charge in [0.15, 0.2) is 5.13 Å². The summed E-state index contributed by atoms with van der Waals surface area (Å²) in [6, 6.07) is 10.2.